The van der Waals surface area contributed by atoms with E-state index in [0.29, 0.717) is 6.42 Å². The molecule has 1 rings (SSSR count). The molecular formula is C9H18N2O2. The van der Waals surface area contributed by atoms with Gasteiger partial charge in [-0.2, -0.15) is 0 Å². The Morgan fingerprint density at radius 2 is 2.46 bits per heavy atom. The summed E-state index contributed by atoms with van der Waals surface area (Å²) in [6, 6.07) is 0. The van der Waals surface area contributed by atoms with Crippen LogP contribution in [-0.2, 0) is 4.79 Å². The second-order valence-corrected chi connectivity index (χ2v) is 3.74. The van der Waals surface area contributed by atoms with Gasteiger partial charge < -0.3 is 16.2 Å². The summed E-state index contributed by atoms with van der Waals surface area (Å²) in [5.41, 5.74) is 4.84. The summed E-state index contributed by atoms with van der Waals surface area (Å²) < 4.78 is 0. The Balaban J connectivity index is 2.68. The number of piperidine rings is 1. The standard InChI is InChI=1S/C9H18N2O2/c1-2-9(10,8(12)13)7-4-3-5-11-6-7/h7,11H,2-6,10H2,1H3,(H,12,13). The highest BCUT2D eigenvalue weighted by molar-refractivity contribution is 5.78. The molecule has 1 aliphatic heterocycles. The third-order valence-corrected chi connectivity index (χ3v) is 3.01. The topological polar surface area (TPSA) is 75.4 Å². The molecule has 1 fully saturated rings. The minimum Gasteiger partial charge on any atom is -0.480 e. The van der Waals surface area contributed by atoms with E-state index >= 15 is 0 Å². The summed E-state index contributed by atoms with van der Waals surface area (Å²) in [6.45, 7) is 3.55. The quantitative estimate of drug-likeness (QED) is 0.587. The lowest BCUT2D eigenvalue weighted by Crippen LogP contribution is -2.57. The first-order valence-corrected chi connectivity index (χ1v) is 4.84. The summed E-state index contributed by atoms with van der Waals surface area (Å²) in [7, 11) is 0. The van der Waals surface area contributed by atoms with Gasteiger partial charge in [0.25, 0.3) is 0 Å². The van der Waals surface area contributed by atoms with Crippen molar-refractivity contribution in [1.29, 1.82) is 0 Å². The van der Waals surface area contributed by atoms with E-state index in [9.17, 15) is 4.79 Å². The lowest BCUT2D eigenvalue weighted by atomic mass is 9.78. The molecule has 0 amide bonds. The van der Waals surface area contributed by atoms with Crippen molar-refractivity contribution in [3.05, 3.63) is 0 Å². The minimum atomic E-state index is -1.03. The van der Waals surface area contributed by atoms with Gasteiger partial charge in [-0.3, -0.25) is 4.79 Å². The molecule has 0 aromatic heterocycles. The molecule has 0 aromatic rings. The van der Waals surface area contributed by atoms with Crippen LogP contribution in [-0.4, -0.2) is 29.7 Å². The van der Waals surface area contributed by atoms with Crippen LogP contribution in [0.3, 0.4) is 0 Å². The molecule has 2 atom stereocenters. The molecule has 0 aromatic carbocycles. The maximum absolute atomic E-state index is 11.0. The molecule has 1 aliphatic rings. The first kappa shape index (κ1) is 10.5. The Bertz CT molecular complexity index is 190. The first-order valence-electron chi connectivity index (χ1n) is 4.84. The lowest BCUT2D eigenvalue weighted by molar-refractivity contribution is -0.146. The van der Waals surface area contributed by atoms with Crippen LogP contribution >= 0.6 is 0 Å². The van der Waals surface area contributed by atoms with Gasteiger partial charge >= 0.3 is 5.97 Å². The Morgan fingerprint density at radius 3 is 2.85 bits per heavy atom. The summed E-state index contributed by atoms with van der Waals surface area (Å²) >= 11 is 0. The zero-order valence-corrected chi connectivity index (χ0v) is 8.05. The number of hydrogen-bond acceptors (Lipinski definition) is 3. The third kappa shape index (κ3) is 2.00. The largest absolute Gasteiger partial charge is 0.480 e. The molecule has 0 bridgehead atoms. The molecule has 2 unspecified atom stereocenters. The fourth-order valence-corrected chi connectivity index (χ4v) is 1.91. The van der Waals surface area contributed by atoms with Gasteiger partial charge in [-0.05, 0) is 25.8 Å². The second-order valence-electron chi connectivity index (χ2n) is 3.74. The Kier molecular flexibility index (Phi) is 3.27. The van der Waals surface area contributed by atoms with Crippen LogP contribution in [0.2, 0.25) is 0 Å². The molecule has 1 heterocycles. The maximum atomic E-state index is 11.0. The number of nitrogens with two attached hydrogens (primary N) is 1. The third-order valence-electron chi connectivity index (χ3n) is 3.01. The predicted molar refractivity (Wildman–Crippen MR) is 50.4 cm³/mol. The van der Waals surface area contributed by atoms with E-state index in [1.54, 1.807) is 0 Å². The van der Waals surface area contributed by atoms with Crippen molar-refractivity contribution in [3.8, 4) is 0 Å². The van der Waals surface area contributed by atoms with Crippen LogP contribution in [0.5, 0.6) is 0 Å². The molecule has 4 nitrogen and oxygen atoms in total. The Labute approximate surface area is 78.5 Å². The van der Waals surface area contributed by atoms with E-state index in [0.717, 1.165) is 25.9 Å². The molecule has 4 N–H and O–H groups in total. The van der Waals surface area contributed by atoms with Crippen LogP contribution in [0.25, 0.3) is 0 Å². The number of aliphatic carboxylic acids is 1. The van der Waals surface area contributed by atoms with Crippen LogP contribution < -0.4 is 11.1 Å². The van der Waals surface area contributed by atoms with Crippen molar-refractivity contribution in [2.24, 2.45) is 11.7 Å². The van der Waals surface area contributed by atoms with E-state index in [-0.39, 0.29) is 5.92 Å². The van der Waals surface area contributed by atoms with Gasteiger partial charge in [-0.25, -0.2) is 0 Å². The maximum Gasteiger partial charge on any atom is 0.324 e. The van der Waals surface area contributed by atoms with E-state index in [2.05, 4.69) is 5.32 Å². The van der Waals surface area contributed by atoms with Gasteiger partial charge in [-0.1, -0.05) is 6.92 Å². The van der Waals surface area contributed by atoms with Crippen LogP contribution in [0, 0.1) is 5.92 Å². The van der Waals surface area contributed by atoms with Gasteiger partial charge in [0.2, 0.25) is 0 Å². The number of hydrogen-bond donors (Lipinski definition) is 3. The summed E-state index contributed by atoms with van der Waals surface area (Å²) in [4.78, 5) is 11.0. The molecule has 13 heavy (non-hydrogen) atoms. The Hall–Kier alpha value is -0.610. The second kappa shape index (κ2) is 4.07. The van der Waals surface area contributed by atoms with Gasteiger partial charge in [0.05, 0.1) is 0 Å². The van der Waals surface area contributed by atoms with Crippen molar-refractivity contribution in [3.63, 3.8) is 0 Å². The van der Waals surface area contributed by atoms with Gasteiger partial charge in [0.1, 0.15) is 5.54 Å². The van der Waals surface area contributed by atoms with E-state index in [1.807, 2.05) is 6.92 Å². The van der Waals surface area contributed by atoms with Gasteiger partial charge in [-0.15, -0.1) is 0 Å². The Morgan fingerprint density at radius 1 is 1.77 bits per heavy atom. The highest BCUT2D eigenvalue weighted by Crippen LogP contribution is 2.25. The van der Waals surface area contributed by atoms with Gasteiger partial charge in [0, 0.05) is 12.5 Å². The monoisotopic (exact) mass is 186 g/mol. The average molecular weight is 186 g/mol. The minimum absolute atomic E-state index is 0.0729. The van der Waals surface area contributed by atoms with Crippen molar-refractivity contribution in [1.82, 2.24) is 5.32 Å². The molecule has 1 saturated heterocycles. The van der Waals surface area contributed by atoms with Crippen molar-refractivity contribution in [2.45, 2.75) is 31.7 Å². The normalized spacial score (nSPS) is 28.0. The SMILES string of the molecule is CCC(N)(C(=O)O)C1CCCNC1. The number of nitrogens with one attached hydrogen (secondary N) is 1. The molecule has 4 heteroatoms. The summed E-state index contributed by atoms with van der Waals surface area (Å²) in [5.74, 6) is -0.799. The van der Waals surface area contributed by atoms with Gasteiger partial charge in [0.15, 0.2) is 0 Å². The van der Waals surface area contributed by atoms with E-state index in [4.69, 9.17) is 10.8 Å². The first-order chi connectivity index (χ1) is 6.11. The van der Waals surface area contributed by atoms with Crippen molar-refractivity contribution >= 4 is 5.97 Å². The predicted octanol–water partition coefficient (Wildman–Crippen LogP) is 0.178. The molecule has 0 aliphatic carbocycles. The van der Waals surface area contributed by atoms with E-state index in [1.165, 1.54) is 0 Å². The van der Waals surface area contributed by atoms with Crippen LogP contribution in [0.15, 0.2) is 0 Å². The number of carbonyl (C=O) groups is 1. The summed E-state index contributed by atoms with van der Waals surface area (Å²) in [5, 5.41) is 12.2. The summed E-state index contributed by atoms with van der Waals surface area (Å²) in [6.07, 6.45) is 2.44. The molecule has 0 saturated carbocycles. The zero-order chi connectivity index (χ0) is 9.90. The number of carboxylic acids is 1. The zero-order valence-electron chi connectivity index (χ0n) is 8.05. The molecular weight excluding hydrogens is 168 g/mol. The van der Waals surface area contributed by atoms with Crippen LogP contribution in [0.1, 0.15) is 26.2 Å². The fourth-order valence-electron chi connectivity index (χ4n) is 1.91. The molecule has 76 valence electrons. The smallest absolute Gasteiger partial charge is 0.324 e. The fraction of sp³-hybridized carbons (Fsp3) is 0.889. The highest BCUT2D eigenvalue weighted by Gasteiger charge is 2.40. The van der Waals surface area contributed by atoms with Crippen molar-refractivity contribution < 1.29 is 9.90 Å². The number of rotatable bonds is 3. The average Bonchev–Trinajstić information content (AvgIpc) is 2.17. The molecule has 0 radical (unpaired) electrons. The lowest BCUT2D eigenvalue weighted by Gasteiger charge is -2.35. The number of carboxylic acid groups (broad SMARTS) is 1. The van der Waals surface area contributed by atoms with Crippen LogP contribution in [0.4, 0.5) is 0 Å². The molecule has 0 spiro atoms. The van der Waals surface area contributed by atoms with E-state index < -0.39 is 11.5 Å². The van der Waals surface area contributed by atoms with Crippen molar-refractivity contribution in [2.75, 3.05) is 13.1 Å². The highest BCUT2D eigenvalue weighted by atomic mass is 16.4.